The molecule has 3 rings (SSSR count). The third kappa shape index (κ3) is 2.71. The SMILES string of the molecule is COCCn1c(CO)nnc1C1CCCc2ccccc21. The average molecular weight is 287 g/mol. The van der Waals surface area contributed by atoms with Gasteiger partial charge in [0, 0.05) is 19.6 Å². The number of hydrogen-bond acceptors (Lipinski definition) is 4. The number of methoxy groups -OCH3 is 1. The van der Waals surface area contributed by atoms with Crippen molar-refractivity contribution in [2.45, 2.75) is 38.3 Å². The van der Waals surface area contributed by atoms with Crippen molar-refractivity contribution in [3.63, 3.8) is 0 Å². The Morgan fingerprint density at radius 1 is 1.33 bits per heavy atom. The summed E-state index contributed by atoms with van der Waals surface area (Å²) in [6.07, 6.45) is 3.37. The number of hydrogen-bond donors (Lipinski definition) is 1. The molecule has 1 atom stereocenters. The minimum Gasteiger partial charge on any atom is -0.388 e. The molecule has 5 heteroatoms. The molecule has 0 fully saturated rings. The number of nitrogens with zero attached hydrogens (tertiary/aromatic N) is 3. The Hall–Kier alpha value is -1.72. The summed E-state index contributed by atoms with van der Waals surface area (Å²) in [6, 6.07) is 8.56. The van der Waals surface area contributed by atoms with Gasteiger partial charge in [0.2, 0.25) is 0 Å². The number of aliphatic hydroxyl groups excluding tert-OH is 1. The van der Waals surface area contributed by atoms with Crippen molar-refractivity contribution in [2.75, 3.05) is 13.7 Å². The number of aryl methyl sites for hydroxylation is 1. The first-order valence-electron chi connectivity index (χ1n) is 7.44. The summed E-state index contributed by atoms with van der Waals surface area (Å²) in [4.78, 5) is 0. The second-order valence-corrected chi connectivity index (χ2v) is 5.42. The lowest BCUT2D eigenvalue weighted by Crippen LogP contribution is -2.18. The summed E-state index contributed by atoms with van der Waals surface area (Å²) in [6.45, 7) is 1.17. The Bertz CT molecular complexity index is 609. The van der Waals surface area contributed by atoms with Crippen LogP contribution in [0.4, 0.5) is 0 Å². The third-order valence-corrected chi connectivity index (χ3v) is 4.20. The highest BCUT2D eigenvalue weighted by molar-refractivity contribution is 5.36. The molecule has 1 aliphatic carbocycles. The van der Waals surface area contributed by atoms with E-state index in [4.69, 9.17) is 4.74 Å². The molecule has 0 saturated carbocycles. The Labute approximate surface area is 124 Å². The van der Waals surface area contributed by atoms with Gasteiger partial charge < -0.3 is 14.4 Å². The standard InChI is InChI=1S/C16H21N3O2/c1-21-10-9-19-15(11-20)17-18-16(19)14-8-4-6-12-5-2-3-7-13(12)14/h2-3,5,7,14,20H,4,6,8-11H2,1H3. The van der Waals surface area contributed by atoms with E-state index >= 15 is 0 Å². The molecular weight excluding hydrogens is 266 g/mol. The van der Waals surface area contributed by atoms with Gasteiger partial charge in [0.05, 0.1) is 6.61 Å². The van der Waals surface area contributed by atoms with Crippen LogP contribution in [0.2, 0.25) is 0 Å². The summed E-state index contributed by atoms with van der Waals surface area (Å²) >= 11 is 0. The Balaban J connectivity index is 1.99. The van der Waals surface area contributed by atoms with E-state index in [1.807, 2.05) is 4.57 Å². The maximum atomic E-state index is 9.46. The van der Waals surface area contributed by atoms with Gasteiger partial charge in [-0.3, -0.25) is 0 Å². The van der Waals surface area contributed by atoms with E-state index in [2.05, 4.69) is 34.5 Å². The predicted molar refractivity (Wildman–Crippen MR) is 79.0 cm³/mol. The first-order chi connectivity index (χ1) is 10.3. The molecule has 1 unspecified atom stereocenters. The van der Waals surface area contributed by atoms with Crippen molar-refractivity contribution >= 4 is 0 Å². The average Bonchev–Trinajstić information content (AvgIpc) is 2.95. The lowest BCUT2D eigenvalue weighted by atomic mass is 9.82. The highest BCUT2D eigenvalue weighted by Crippen LogP contribution is 2.35. The van der Waals surface area contributed by atoms with Crippen molar-refractivity contribution in [3.8, 4) is 0 Å². The summed E-state index contributed by atoms with van der Waals surface area (Å²) in [5, 5.41) is 18.0. The molecule has 0 spiro atoms. The van der Waals surface area contributed by atoms with E-state index in [0.29, 0.717) is 19.0 Å². The first-order valence-corrected chi connectivity index (χ1v) is 7.44. The fourth-order valence-corrected chi connectivity index (χ4v) is 3.17. The number of fused-ring (bicyclic) bond motifs is 1. The van der Waals surface area contributed by atoms with E-state index in [1.165, 1.54) is 11.1 Å². The molecule has 1 aliphatic rings. The molecule has 0 aliphatic heterocycles. The highest BCUT2D eigenvalue weighted by atomic mass is 16.5. The van der Waals surface area contributed by atoms with Crippen LogP contribution in [0.5, 0.6) is 0 Å². The van der Waals surface area contributed by atoms with Gasteiger partial charge in [-0.05, 0) is 30.4 Å². The van der Waals surface area contributed by atoms with Gasteiger partial charge in [-0.15, -0.1) is 10.2 Å². The Morgan fingerprint density at radius 3 is 3.00 bits per heavy atom. The highest BCUT2D eigenvalue weighted by Gasteiger charge is 2.26. The Kier molecular flexibility index (Phi) is 4.31. The lowest BCUT2D eigenvalue weighted by Gasteiger charge is -2.25. The maximum Gasteiger partial charge on any atom is 0.158 e. The van der Waals surface area contributed by atoms with Gasteiger partial charge >= 0.3 is 0 Å². The fourth-order valence-electron chi connectivity index (χ4n) is 3.17. The number of aliphatic hydroxyl groups is 1. The van der Waals surface area contributed by atoms with Crippen molar-refractivity contribution < 1.29 is 9.84 Å². The van der Waals surface area contributed by atoms with Crippen LogP contribution in [-0.4, -0.2) is 33.6 Å². The van der Waals surface area contributed by atoms with E-state index < -0.39 is 0 Å². The maximum absolute atomic E-state index is 9.46. The van der Waals surface area contributed by atoms with E-state index in [0.717, 1.165) is 25.1 Å². The number of aromatic nitrogens is 3. The summed E-state index contributed by atoms with van der Waals surface area (Å²) in [7, 11) is 1.68. The van der Waals surface area contributed by atoms with Crippen LogP contribution in [0.25, 0.3) is 0 Å². The minimum atomic E-state index is -0.0922. The molecule has 1 aromatic carbocycles. The van der Waals surface area contributed by atoms with Crippen molar-refractivity contribution in [3.05, 3.63) is 47.0 Å². The van der Waals surface area contributed by atoms with Crippen LogP contribution in [-0.2, 0) is 24.3 Å². The van der Waals surface area contributed by atoms with Crippen molar-refractivity contribution in [1.82, 2.24) is 14.8 Å². The normalized spacial score (nSPS) is 17.7. The van der Waals surface area contributed by atoms with Crippen LogP contribution in [0.15, 0.2) is 24.3 Å². The smallest absolute Gasteiger partial charge is 0.158 e. The molecule has 0 amide bonds. The minimum absolute atomic E-state index is 0.0922. The van der Waals surface area contributed by atoms with Crippen LogP contribution < -0.4 is 0 Å². The molecule has 1 N–H and O–H groups in total. The molecule has 0 radical (unpaired) electrons. The van der Waals surface area contributed by atoms with Gasteiger partial charge in [-0.1, -0.05) is 24.3 Å². The van der Waals surface area contributed by atoms with Crippen LogP contribution in [0, 0.1) is 0 Å². The summed E-state index contributed by atoms with van der Waals surface area (Å²) < 4.78 is 7.18. The molecule has 1 aromatic heterocycles. The van der Waals surface area contributed by atoms with E-state index in [9.17, 15) is 5.11 Å². The van der Waals surface area contributed by atoms with E-state index in [1.54, 1.807) is 7.11 Å². The van der Waals surface area contributed by atoms with Gasteiger partial charge in [0.25, 0.3) is 0 Å². The van der Waals surface area contributed by atoms with Gasteiger partial charge in [-0.2, -0.15) is 0 Å². The largest absolute Gasteiger partial charge is 0.388 e. The second-order valence-electron chi connectivity index (χ2n) is 5.42. The molecule has 1 heterocycles. The zero-order chi connectivity index (χ0) is 14.7. The van der Waals surface area contributed by atoms with Crippen molar-refractivity contribution in [1.29, 1.82) is 0 Å². The molecule has 0 bridgehead atoms. The van der Waals surface area contributed by atoms with E-state index in [-0.39, 0.29) is 12.5 Å². The number of benzene rings is 1. The van der Waals surface area contributed by atoms with Gasteiger partial charge in [-0.25, -0.2) is 0 Å². The molecule has 112 valence electrons. The van der Waals surface area contributed by atoms with Crippen LogP contribution >= 0.6 is 0 Å². The second kappa shape index (κ2) is 6.37. The van der Waals surface area contributed by atoms with Gasteiger partial charge in [0.15, 0.2) is 5.82 Å². The predicted octanol–water partition coefficient (Wildman–Crippen LogP) is 1.88. The molecule has 2 aromatic rings. The molecule has 0 saturated heterocycles. The zero-order valence-electron chi connectivity index (χ0n) is 12.3. The van der Waals surface area contributed by atoms with Gasteiger partial charge in [0.1, 0.15) is 12.4 Å². The molecular formula is C16H21N3O2. The lowest BCUT2D eigenvalue weighted by molar-refractivity contribution is 0.181. The Morgan fingerprint density at radius 2 is 2.19 bits per heavy atom. The number of rotatable bonds is 5. The first kappa shape index (κ1) is 14.2. The molecule has 21 heavy (non-hydrogen) atoms. The third-order valence-electron chi connectivity index (χ3n) is 4.20. The van der Waals surface area contributed by atoms with Crippen molar-refractivity contribution in [2.24, 2.45) is 0 Å². The van der Waals surface area contributed by atoms with Crippen LogP contribution in [0.1, 0.15) is 41.5 Å². The quantitative estimate of drug-likeness (QED) is 0.912. The van der Waals surface area contributed by atoms with Crippen LogP contribution in [0.3, 0.4) is 0 Å². The summed E-state index contributed by atoms with van der Waals surface area (Å²) in [5.41, 5.74) is 2.75. The monoisotopic (exact) mass is 287 g/mol. The fraction of sp³-hybridized carbons (Fsp3) is 0.500. The summed E-state index contributed by atoms with van der Waals surface area (Å²) in [5.74, 6) is 1.83. The number of ether oxygens (including phenoxy) is 1. The molecule has 5 nitrogen and oxygen atoms in total. The zero-order valence-corrected chi connectivity index (χ0v) is 12.3. The topological polar surface area (TPSA) is 60.2 Å².